The van der Waals surface area contributed by atoms with Crippen LogP contribution in [0.3, 0.4) is 0 Å². The van der Waals surface area contributed by atoms with Crippen molar-refractivity contribution in [3.63, 3.8) is 0 Å². The van der Waals surface area contributed by atoms with E-state index in [1.54, 1.807) is 0 Å². The molecule has 0 aliphatic carbocycles. The van der Waals surface area contributed by atoms with Gasteiger partial charge in [0.15, 0.2) is 0 Å². The van der Waals surface area contributed by atoms with E-state index in [0.717, 1.165) is 28.3 Å². The summed E-state index contributed by atoms with van der Waals surface area (Å²) in [6, 6.07) is 25.8. The Morgan fingerprint density at radius 2 is 1.56 bits per heavy atom. The molecule has 0 bridgehead atoms. The van der Waals surface area contributed by atoms with E-state index in [0.29, 0.717) is 5.56 Å². The van der Waals surface area contributed by atoms with Gasteiger partial charge in [-0.05, 0) is 35.1 Å². The van der Waals surface area contributed by atoms with Crippen LogP contribution in [0.2, 0.25) is 0 Å². The van der Waals surface area contributed by atoms with Crippen LogP contribution in [0.4, 0.5) is 5.69 Å². The van der Waals surface area contributed by atoms with Crippen LogP contribution in [-0.4, -0.2) is 11.7 Å². The van der Waals surface area contributed by atoms with Gasteiger partial charge in [-0.15, -0.1) is 0 Å². The van der Waals surface area contributed by atoms with E-state index in [4.69, 9.17) is 0 Å². The molecule has 0 aromatic heterocycles. The smallest absolute Gasteiger partial charge is 0.255 e. The van der Waals surface area contributed by atoms with Crippen molar-refractivity contribution in [1.82, 2.24) is 0 Å². The fourth-order valence-corrected chi connectivity index (χ4v) is 3.26. The minimum atomic E-state index is -0.0851. The number of anilines is 1. The Kier molecular flexibility index (Phi) is 5.91. The predicted octanol–water partition coefficient (Wildman–Crippen LogP) is 5.86. The summed E-state index contributed by atoms with van der Waals surface area (Å²) in [5.41, 5.74) is 4.85. The lowest BCUT2D eigenvalue weighted by Crippen LogP contribution is -2.12. The number of nitrogens with one attached hydrogen (secondary N) is 1. The van der Waals surface area contributed by atoms with E-state index >= 15 is 0 Å². The molecule has 0 spiro atoms. The maximum Gasteiger partial charge on any atom is 0.255 e. The number of carbonyl (C=O) groups is 1. The van der Waals surface area contributed by atoms with Crippen molar-refractivity contribution in [2.24, 2.45) is 0 Å². The van der Waals surface area contributed by atoms with Crippen LogP contribution in [-0.2, 0) is 5.75 Å². The second-order valence-corrected chi connectivity index (χ2v) is 6.97. The molecule has 0 aliphatic rings. The van der Waals surface area contributed by atoms with Gasteiger partial charge in [-0.3, -0.25) is 4.79 Å². The molecule has 0 fully saturated rings. The molecule has 0 aliphatic heterocycles. The van der Waals surface area contributed by atoms with Gasteiger partial charge in [-0.1, -0.05) is 67.6 Å². The SMILES string of the molecule is CCSCc1ccc(C(=O)Nc2ccccc2-c2ccccc2)cc1. The van der Waals surface area contributed by atoms with E-state index < -0.39 is 0 Å². The minimum Gasteiger partial charge on any atom is -0.321 e. The van der Waals surface area contributed by atoms with Crippen molar-refractivity contribution in [3.05, 3.63) is 90.0 Å². The Morgan fingerprint density at radius 1 is 0.880 bits per heavy atom. The zero-order chi connectivity index (χ0) is 17.5. The summed E-state index contributed by atoms with van der Waals surface area (Å²) in [6.45, 7) is 2.15. The highest BCUT2D eigenvalue weighted by Gasteiger charge is 2.10. The first-order valence-electron chi connectivity index (χ1n) is 8.40. The summed E-state index contributed by atoms with van der Waals surface area (Å²) in [6.07, 6.45) is 0. The molecule has 0 saturated carbocycles. The predicted molar refractivity (Wildman–Crippen MR) is 108 cm³/mol. The fraction of sp³-hybridized carbons (Fsp3) is 0.136. The van der Waals surface area contributed by atoms with E-state index in [2.05, 4.69) is 12.2 Å². The lowest BCUT2D eigenvalue weighted by Gasteiger charge is -2.11. The van der Waals surface area contributed by atoms with Crippen molar-refractivity contribution < 1.29 is 4.79 Å². The van der Waals surface area contributed by atoms with Gasteiger partial charge in [-0.25, -0.2) is 0 Å². The molecule has 25 heavy (non-hydrogen) atoms. The maximum absolute atomic E-state index is 12.6. The van der Waals surface area contributed by atoms with Crippen molar-refractivity contribution in [1.29, 1.82) is 0 Å². The van der Waals surface area contributed by atoms with Crippen molar-refractivity contribution >= 4 is 23.4 Å². The second kappa shape index (κ2) is 8.54. The van der Waals surface area contributed by atoms with Gasteiger partial charge in [0, 0.05) is 22.6 Å². The Balaban J connectivity index is 1.77. The summed E-state index contributed by atoms with van der Waals surface area (Å²) >= 11 is 1.88. The van der Waals surface area contributed by atoms with Crippen LogP contribution in [0.5, 0.6) is 0 Å². The molecular formula is C22H21NOS. The number of hydrogen-bond acceptors (Lipinski definition) is 2. The molecule has 0 unspecified atom stereocenters. The quantitative estimate of drug-likeness (QED) is 0.605. The van der Waals surface area contributed by atoms with Crippen LogP contribution in [0.25, 0.3) is 11.1 Å². The highest BCUT2D eigenvalue weighted by atomic mass is 32.2. The number of benzene rings is 3. The molecule has 1 N–H and O–H groups in total. The number of carbonyl (C=O) groups excluding carboxylic acids is 1. The lowest BCUT2D eigenvalue weighted by atomic mass is 10.0. The summed E-state index contributed by atoms with van der Waals surface area (Å²) < 4.78 is 0. The van der Waals surface area contributed by atoms with Crippen molar-refractivity contribution in [3.8, 4) is 11.1 Å². The molecule has 3 aromatic carbocycles. The second-order valence-electron chi connectivity index (χ2n) is 5.70. The average Bonchev–Trinajstić information content (AvgIpc) is 2.68. The molecule has 0 heterocycles. The molecule has 3 heteroatoms. The van der Waals surface area contributed by atoms with E-state index in [-0.39, 0.29) is 5.91 Å². The third-order valence-electron chi connectivity index (χ3n) is 3.95. The molecule has 2 nitrogen and oxygen atoms in total. The third kappa shape index (κ3) is 4.52. The summed E-state index contributed by atoms with van der Waals surface area (Å²) in [5.74, 6) is 1.99. The van der Waals surface area contributed by atoms with Gasteiger partial charge in [0.25, 0.3) is 5.91 Å². The van der Waals surface area contributed by atoms with Gasteiger partial charge in [0.2, 0.25) is 0 Å². The lowest BCUT2D eigenvalue weighted by molar-refractivity contribution is 0.102. The van der Waals surface area contributed by atoms with E-state index in [1.165, 1.54) is 5.56 Å². The Labute approximate surface area is 153 Å². The number of para-hydroxylation sites is 1. The topological polar surface area (TPSA) is 29.1 Å². The summed E-state index contributed by atoms with van der Waals surface area (Å²) in [7, 11) is 0. The Hall–Kier alpha value is -2.52. The van der Waals surface area contributed by atoms with Gasteiger partial charge < -0.3 is 5.32 Å². The number of rotatable bonds is 6. The summed E-state index contributed by atoms with van der Waals surface area (Å²) in [5, 5.41) is 3.04. The zero-order valence-electron chi connectivity index (χ0n) is 14.2. The third-order valence-corrected chi connectivity index (χ3v) is 4.89. The van der Waals surface area contributed by atoms with Crippen LogP contribution in [0, 0.1) is 0 Å². The van der Waals surface area contributed by atoms with Gasteiger partial charge in [0.1, 0.15) is 0 Å². The highest BCUT2D eigenvalue weighted by molar-refractivity contribution is 7.98. The van der Waals surface area contributed by atoms with Gasteiger partial charge in [-0.2, -0.15) is 11.8 Å². The molecular weight excluding hydrogens is 326 g/mol. The van der Waals surface area contributed by atoms with E-state index in [1.807, 2.05) is 90.6 Å². The zero-order valence-corrected chi connectivity index (χ0v) is 15.1. The van der Waals surface area contributed by atoms with Crippen LogP contribution < -0.4 is 5.32 Å². The van der Waals surface area contributed by atoms with Gasteiger partial charge in [0.05, 0.1) is 0 Å². The Morgan fingerprint density at radius 3 is 2.28 bits per heavy atom. The molecule has 3 rings (SSSR count). The molecule has 0 atom stereocenters. The first-order valence-corrected chi connectivity index (χ1v) is 9.56. The molecule has 1 amide bonds. The monoisotopic (exact) mass is 347 g/mol. The summed E-state index contributed by atoms with van der Waals surface area (Å²) in [4.78, 5) is 12.6. The molecule has 0 radical (unpaired) electrons. The molecule has 0 saturated heterocycles. The minimum absolute atomic E-state index is 0.0851. The number of thioether (sulfide) groups is 1. The molecule has 3 aromatic rings. The molecule has 126 valence electrons. The van der Waals surface area contributed by atoms with Crippen LogP contribution in [0.15, 0.2) is 78.9 Å². The number of amides is 1. The van der Waals surface area contributed by atoms with Crippen molar-refractivity contribution in [2.45, 2.75) is 12.7 Å². The highest BCUT2D eigenvalue weighted by Crippen LogP contribution is 2.28. The Bertz CT molecular complexity index is 828. The fourth-order valence-electron chi connectivity index (χ4n) is 2.63. The number of hydrogen-bond donors (Lipinski definition) is 1. The van der Waals surface area contributed by atoms with Crippen molar-refractivity contribution in [2.75, 3.05) is 11.1 Å². The normalized spacial score (nSPS) is 10.4. The van der Waals surface area contributed by atoms with Gasteiger partial charge >= 0.3 is 0 Å². The first kappa shape index (κ1) is 17.3. The maximum atomic E-state index is 12.6. The van der Waals surface area contributed by atoms with E-state index in [9.17, 15) is 4.79 Å². The average molecular weight is 347 g/mol. The van der Waals surface area contributed by atoms with Crippen LogP contribution >= 0.6 is 11.8 Å². The van der Waals surface area contributed by atoms with Crippen LogP contribution in [0.1, 0.15) is 22.8 Å². The first-order chi connectivity index (χ1) is 12.3. The largest absolute Gasteiger partial charge is 0.321 e. The standard InChI is InChI=1S/C22H21NOS/c1-2-25-16-17-12-14-19(15-13-17)22(24)23-21-11-7-6-10-20(21)18-8-4-3-5-9-18/h3-15H,2,16H2,1H3,(H,23,24).